The summed E-state index contributed by atoms with van der Waals surface area (Å²) in [6, 6.07) is 6.74. The van der Waals surface area contributed by atoms with Crippen LogP contribution < -0.4 is 4.74 Å². The fourth-order valence-corrected chi connectivity index (χ4v) is 3.97. The van der Waals surface area contributed by atoms with E-state index in [2.05, 4.69) is 0 Å². The molecule has 4 atom stereocenters. The molecule has 2 rings (SSSR count). The van der Waals surface area contributed by atoms with Crippen LogP contribution >= 0.6 is 0 Å². The maximum atomic E-state index is 13.2. The van der Waals surface area contributed by atoms with Gasteiger partial charge in [0.15, 0.2) is 5.78 Å². The highest BCUT2D eigenvalue weighted by Crippen LogP contribution is 2.47. The van der Waals surface area contributed by atoms with Gasteiger partial charge in [0, 0.05) is 12.3 Å². The molecule has 0 spiro atoms. The normalized spacial score (nSPS) is 26.9. The molecule has 0 saturated heterocycles. The molecule has 0 aliphatic heterocycles. The van der Waals surface area contributed by atoms with Crippen molar-refractivity contribution >= 4 is 17.7 Å². The van der Waals surface area contributed by atoms with Gasteiger partial charge in [0.05, 0.1) is 18.6 Å². The molecule has 0 unspecified atom stereocenters. The van der Waals surface area contributed by atoms with Crippen molar-refractivity contribution in [1.82, 2.24) is 0 Å². The molecule has 0 bridgehead atoms. The van der Waals surface area contributed by atoms with Crippen LogP contribution in [-0.2, 0) is 23.9 Å². The molecule has 0 aromatic heterocycles. The summed E-state index contributed by atoms with van der Waals surface area (Å²) in [6.07, 6.45) is -0.354. The third-order valence-electron chi connectivity index (χ3n) is 5.09. The molecule has 0 radical (unpaired) electrons. The summed E-state index contributed by atoms with van der Waals surface area (Å²) < 4.78 is 16.3. The molecule has 1 fully saturated rings. The standard InChI is InChI=1S/C24H34O7/c1-22(2,3)30-20(26)18-16(25)13-24(7,28)19(21(27)31-23(4,5)6)17(18)14-9-11-15(29-8)12-10-14/h9-12,17-19,28H,13H2,1-8H3/t17-,18-,19+,24-/m0/s1. The molecular weight excluding hydrogens is 400 g/mol. The quantitative estimate of drug-likeness (QED) is 0.573. The lowest BCUT2D eigenvalue weighted by Gasteiger charge is -2.44. The Kier molecular flexibility index (Phi) is 6.91. The zero-order chi connectivity index (χ0) is 23.8. The van der Waals surface area contributed by atoms with Crippen LogP contribution in [0.15, 0.2) is 24.3 Å². The van der Waals surface area contributed by atoms with Gasteiger partial charge in [-0.3, -0.25) is 14.4 Å². The first-order chi connectivity index (χ1) is 14.1. The predicted octanol–water partition coefficient (Wildman–Crippen LogP) is 3.42. The number of ketones is 1. The highest BCUT2D eigenvalue weighted by atomic mass is 16.6. The molecule has 1 aromatic rings. The van der Waals surface area contributed by atoms with Gasteiger partial charge >= 0.3 is 11.9 Å². The topological polar surface area (TPSA) is 99.1 Å². The first-order valence-electron chi connectivity index (χ1n) is 10.4. The summed E-state index contributed by atoms with van der Waals surface area (Å²) in [7, 11) is 1.52. The van der Waals surface area contributed by atoms with E-state index in [1.54, 1.807) is 65.8 Å². The summed E-state index contributed by atoms with van der Waals surface area (Å²) in [5, 5.41) is 11.1. The average molecular weight is 435 g/mol. The zero-order valence-electron chi connectivity index (χ0n) is 19.6. The number of carbonyl (C=O) groups excluding carboxylic acids is 3. The van der Waals surface area contributed by atoms with Crippen molar-refractivity contribution in [2.75, 3.05) is 7.11 Å². The van der Waals surface area contributed by atoms with E-state index in [9.17, 15) is 19.5 Å². The number of benzene rings is 1. The molecule has 7 heteroatoms. The Balaban J connectivity index is 2.63. The molecular formula is C24H34O7. The predicted molar refractivity (Wildman–Crippen MR) is 115 cm³/mol. The minimum atomic E-state index is -1.69. The van der Waals surface area contributed by atoms with Crippen molar-refractivity contribution in [2.45, 2.75) is 77.6 Å². The first-order valence-corrected chi connectivity index (χ1v) is 10.4. The smallest absolute Gasteiger partial charge is 0.317 e. The van der Waals surface area contributed by atoms with Crippen molar-refractivity contribution in [3.05, 3.63) is 29.8 Å². The number of carbonyl (C=O) groups is 3. The van der Waals surface area contributed by atoms with Crippen LogP contribution in [0.3, 0.4) is 0 Å². The highest BCUT2D eigenvalue weighted by Gasteiger charge is 2.57. The van der Waals surface area contributed by atoms with E-state index >= 15 is 0 Å². The largest absolute Gasteiger partial charge is 0.497 e. The number of hydrogen-bond acceptors (Lipinski definition) is 7. The van der Waals surface area contributed by atoms with Gasteiger partial charge in [-0.1, -0.05) is 12.1 Å². The van der Waals surface area contributed by atoms with Crippen molar-refractivity contribution in [2.24, 2.45) is 11.8 Å². The van der Waals surface area contributed by atoms with Crippen LogP contribution in [0.5, 0.6) is 5.75 Å². The fraction of sp³-hybridized carbons (Fsp3) is 0.625. The van der Waals surface area contributed by atoms with Crippen LogP contribution in [0.2, 0.25) is 0 Å². The second-order valence-electron chi connectivity index (χ2n) is 10.3. The number of rotatable bonds is 4. The number of ether oxygens (including phenoxy) is 3. The summed E-state index contributed by atoms with van der Waals surface area (Å²) >= 11 is 0. The first kappa shape index (κ1) is 24.9. The van der Waals surface area contributed by atoms with Gasteiger partial charge in [0.2, 0.25) is 0 Å². The monoisotopic (exact) mass is 434 g/mol. The Labute approximate surface area is 184 Å². The number of hydrogen-bond donors (Lipinski definition) is 1. The lowest BCUT2D eigenvalue weighted by atomic mass is 9.61. The van der Waals surface area contributed by atoms with E-state index in [1.807, 2.05) is 0 Å². The SMILES string of the molecule is COc1ccc([C@H]2[C@@H](C(=O)OC(C)(C)C)C(=O)C[C@](C)(O)[C@H]2C(=O)OC(C)(C)C)cc1. The Morgan fingerprint density at radius 1 is 0.968 bits per heavy atom. The molecule has 172 valence electrons. The molecule has 1 aliphatic carbocycles. The molecule has 7 nitrogen and oxygen atoms in total. The number of aliphatic hydroxyl groups is 1. The Bertz CT molecular complexity index is 825. The number of Topliss-reactive ketones (excluding diaryl/α,β-unsaturated/α-hetero) is 1. The van der Waals surface area contributed by atoms with Gasteiger partial charge in [-0.25, -0.2) is 0 Å². The molecule has 0 amide bonds. The van der Waals surface area contributed by atoms with Crippen LogP contribution in [-0.4, -0.2) is 46.7 Å². The van der Waals surface area contributed by atoms with Crippen LogP contribution in [0.25, 0.3) is 0 Å². The van der Waals surface area contributed by atoms with Gasteiger partial charge in [-0.15, -0.1) is 0 Å². The molecule has 1 saturated carbocycles. The van der Waals surface area contributed by atoms with E-state index < -0.39 is 52.3 Å². The second kappa shape index (κ2) is 8.61. The third-order valence-corrected chi connectivity index (χ3v) is 5.09. The van der Waals surface area contributed by atoms with Gasteiger partial charge < -0.3 is 19.3 Å². The summed E-state index contributed by atoms with van der Waals surface area (Å²) in [5.41, 5.74) is -2.77. The van der Waals surface area contributed by atoms with Crippen LogP contribution in [0, 0.1) is 11.8 Å². The van der Waals surface area contributed by atoms with E-state index in [4.69, 9.17) is 14.2 Å². The zero-order valence-corrected chi connectivity index (χ0v) is 19.6. The average Bonchev–Trinajstić information content (AvgIpc) is 2.56. The second-order valence-corrected chi connectivity index (χ2v) is 10.3. The number of esters is 2. The van der Waals surface area contributed by atoms with E-state index in [-0.39, 0.29) is 6.42 Å². The van der Waals surface area contributed by atoms with Gasteiger partial charge in [0.25, 0.3) is 0 Å². The van der Waals surface area contributed by atoms with Crippen LogP contribution in [0.4, 0.5) is 0 Å². The maximum absolute atomic E-state index is 13.2. The maximum Gasteiger partial charge on any atom is 0.317 e. The lowest BCUT2D eigenvalue weighted by molar-refractivity contribution is -0.182. The summed E-state index contributed by atoms with van der Waals surface area (Å²) in [5.74, 6) is -4.62. The van der Waals surface area contributed by atoms with E-state index in [0.29, 0.717) is 11.3 Å². The fourth-order valence-electron chi connectivity index (χ4n) is 3.97. The van der Waals surface area contributed by atoms with Crippen molar-refractivity contribution in [3.8, 4) is 5.75 Å². The Morgan fingerprint density at radius 2 is 1.45 bits per heavy atom. The molecule has 1 N–H and O–H groups in total. The third kappa shape index (κ3) is 6.06. The van der Waals surface area contributed by atoms with Crippen molar-refractivity contribution in [1.29, 1.82) is 0 Å². The van der Waals surface area contributed by atoms with Gasteiger partial charge in [0.1, 0.15) is 22.9 Å². The lowest BCUT2D eigenvalue weighted by Crippen LogP contribution is -2.56. The Hall–Kier alpha value is -2.41. The van der Waals surface area contributed by atoms with Gasteiger partial charge in [-0.2, -0.15) is 0 Å². The molecule has 0 heterocycles. The molecule has 1 aromatic carbocycles. The van der Waals surface area contributed by atoms with E-state index in [1.165, 1.54) is 14.0 Å². The number of methoxy groups -OCH3 is 1. The van der Waals surface area contributed by atoms with Crippen molar-refractivity contribution in [3.63, 3.8) is 0 Å². The van der Waals surface area contributed by atoms with Gasteiger partial charge in [-0.05, 0) is 66.2 Å². The van der Waals surface area contributed by atoms with Crippen LogP contribution in [0.1, 0.15) is 66.4 Å². The Morgan fingerprint density at radius 3 is 1.90 bits per heavy atom. The minimum Gasteiger partial charge on any atom is -0.497 e. The summed E-state index contributed by atoms with van der Waals surface area (Å²) in [6.45, 7) is 11.7. The molecule has 1 aliphatic rings. The minimum absolute atomic E-state index is 0.354. The van der Waals surface area contributed by atoms with E-state index in [0.717, 1.165) is 0 Å². The summed E-state index contributed by atoms with van der Waals surface area (Å²) in [4.78, 5) is 39.4. The van der Waals surface area contributed by atoms with Crippen molar-refractivity contribution < 1.29 is 33.7 Å². The molecule has 31 heavy (non-hydrogen) atoms. The highest BCUT2D eigenvalue weighted by molar-refractivity contribution is 6.03.